The third-order valence-corrected chi connectivity index (χ3v) is 5.13. The van der Waals surface area contributed by atoms with E-state index in [0.717, 1.165) is 5.56 Å². The zero-order valence-corrected chi connectivity index (χ0v) is 16.2. The molecule has 0 amide bonds. The number of aromatic amines is 1. The summed E-state index contributed by atoms with van der Waals surface area (Å²) in [4.78, 5) is 0. The van der Waals surface area contributed by atoms with Crippen LogP contribution in [0.1, 0.15) is 17.0 Å². The molecule has 1 aromatic heterocycles. The lowest BCUT2D eigenvalue weighted by molar-refractivity contribution is 0.379. The quantitative estimate of drug-likeness (QED) is 0.654. The molecule has 8 heteroatoms. The van der Waals surface area contributed by atoms with Crippen LogP contribution in [0.25, 0.3) is 11.3 Å². The molecular formula is C20H14Cl2N4O2. The molecule has 0 aliphatic carbocycles. The minimum atomic E-state index is -0.557. The van der Waals surface area contributed by atoms with E-state index in [4.69, 9.17) is 38.4 Å². The molecule has 140 valence electrons. The molecule has 2 aromatic carbocycles. The Morgan fingerprint density at radius 1 is 1.25 bits per heavy atom. The first-order valence-corrected chi connectivity index (χ1v) is 9.04. The van der Waals surface area contributed by atoms with E-state index in [9.17, 15) is 5.26 Å². The number of allylic oxidation sites excluding steroid dienone is 1. The maximum Gasteiger partial charge on any atom is 0.244 e. The van der Waals surface area contributed by atoms with Gasteiger partial charge in [-0.05, 0) is 29.8 Å². The summed E-state index contributed by atoms with van der Waals surface area (Å²) < 4.78 is 10.9. The molecule has 2 heterocycles. The SMILES string of the molecule is COc1cccc(-c2[nH]nc3c2C(c2ccc(Cl)cc2Cl)C(C#N)=C(N)O3)c1. The summed E-state index contributed by atoms with van der Waals surface area (Å²) in [6.07, 6.45) is 0. The number of hydrogen-bond donors (Lipinski definition) is 2. The summed E-state index contributed by atoms with van der Waals surface area (Å²) in [5, 5.41) is 17.9. The zero-order chi connectivity index (χ0) is 19.8. The molecule has 0 saturated heterocycles. The summed E-state index contributed by atoms with van der Waals surface area (Å²) in [5.41, 5.74) is 9.11. The highest BCUT2D eigenvalue weighted by Crippen LogP contribution is 2.47. The van der Waals surface area contributed by atoms with Gasteiger partial charge >= 0.3 is 0 Å². The first-order valence-electron chi connectivity index (χ1n) is 8.28. The third-order valence-electron chi connectivity index (χ3n) is 4.57. The van der Waals surface area contributed by atoms with E-state index >= 15 is 0 Å². The van der Waals surface area contributed by atoms with Crippen LogP contribution in [0.4, 0.5) is 0 Å². The Labute approximate surface area is 171 Å². The van der Waals surface area contributed by atoms with Crippen LogP contribution in [0.5, 0.6) is 11.6 Å². The smallest absolute Gasteiger partial charge is 0.244 e. The van der Waals surface area contributed by atoms with Crippen LogP contribution < -0.4 is 15.2 Å². The van der Waals surface area contributed by atoms with Crippen molar-refractivity contribution in [1.82, 2.24) is 10.2 Å². The Morgan fingerprint density at radius 2 is 2.07 bits per heavy atom. The van der Waals surface area contributed by atoms with Crippen molar-refractivity contribution in [3.05, 3.63) is 75.1 Å². The summed E-state index contributed by atoms with van der Waals surface area (Å²) in [6, 6.07) is 14.7. The molecule has 0 radical (unpaired) electrons. The summed E-state index contributed by atoms with van der Waals surface area (Å²) in [5.74, 6) is 0.424. The van der Waals surface area contributed by atoms with E-state index in [-0.39, 0.29) is 11.5 Å². The van der Waals surface area contributed by atoms with Crippen LogP contribution in [0.2, 0.25) is 10.0 Å². The molecule has 3 aromatic rings. The fourth-order valence-corrected chi connectivity index (χ4v) is 3.81. The van der Waals surface area contributed by atoms with Gasteiger partial charge in [0, 0.05) is 15.6 Å². The van der Waals surface area contributed by atoms with Gasteiger partial charge in [-0.15, -0.1) is 5.10 Å². The largest absolute Gasteiger partial charge is 0.497 e. The first-order chi connectivity index (χ1) is 13.5. The van der Waals surface area contributed by atoms with Crippen LogP contribution in [0.15, 0.2) is 53.9 Å². The van der Waals surface area contributed by atoms with Gasteiger partial charge in [-0.3, -0.25) is 5.10 Å². The van der Waals surface area contributed by atoms with Gasteiger partial charge in [0.1, 0.15) is 17.4 Å². The average molecular weight is 413 g/mol. The number of ether oxygens (including phenoxy) is 2. The monoisotopic (exact) mass is 412 g/mol. The standard InChI is InChI=1S/C20H14Cl2N4O2/c1-27-12-4-2-3-10(7-12)18-17-16(13-6-5-11(21)8-15(13)22)14(9-23)19(24)28-20(17)26-25-18/h2-8,16H,24H2,1H3,(H,25,26). The van der Waals surface area contributed by atoms with Gasteiger partial charge in [0.05, 0.1) is 24.3 Å². The van der Waals surface area contributed by atoms with Crippen LogP contribution >= 0.6 is 23.2 Å². The van der Waals surface area contributed by atoms with Gasteiger partial charge in [0.25, 0.3) is 0 Å². The van der Waals surface area contributed by atoms with Crippen molar-refractivity contribution in [2.24, 2.45) is 5.73 Å². The Balaban J connectivity index is 1.96. The van der Waals surface area contributed by atoms with Crippen molar-refractivity contribution >= 4 is 23.2 Å². The van der Waals surface area contributed by atoms with Gasteiger partial charge in [0.15, 0.2) is 0 Å². The molecule has 0 fully saturated rings. The second-order valence-electron chi connectivity index (χ2n) is 6.14. The average Bonchev–Trinajstić information content (AvgIpc) is 3.10. The van der Waals surface area contributed by atoms with E-state index in [0.29, 0.717) is 38.5 Å². The molecular weight excluding hydrogens is 399 g/mol. The first kappa shape index (κ1) is 18.2. The number of aromatic nitrogens is 2. The number of nitriles is 1. The van der Waals surface area contributed by atoms with E-state index in [2.05, 4.69) is 16.3 Å². The van der Waals surface area contributed by atoms with Crippen LogP contribution in [0, 0.1) is 11.3 Å². The number of methoxy groups -OCH3 is 1. The van der Waals surface area contributed by atoms with Crippen molar-refractivity contribution in [2.45, 2.75) is 5.92 Å². The molecule has 6 nitrogen and oxygen atoms in total. The second kappa shape index (κ2) is 7.12. The number of benzene rings is 2. The number of nitrogens with two attached hydrogens (primary N) is 1. The van der Waals surface area contributed by atoms with Crippen molar-refractivity contribution in [2.75, 3.05) is 7.11 Å². The fraction of sp³-hybridized carbons (Fsp3) is 0.100. The minimum absolute atomic E-state index is 0.00490. The number of rotatable bonds is 3. The third kappa shape index (κ3) is 2.95. The number of hydrogen-bond acceptors (Lipinski definition) is 5. The summed E-state index contributed by atoms with van der Waals surface area (Å²) in [6.45, 7) is 0. The lowest BCUT2D eigenvalue weighted by Crippen LogP contribution is -2.21. The molecule has 0 spiro atoms. The molecule has 1 unspecified atom stereocenters. The number of nitrogens with zero attached hydrogens (tertiary/aromatic N) is 2. The van der Waals surface area contributed by atoms with E-state index in [1.165, 1.54) is 0 Å². The summed E-state index contributed by atoms with van der Waals surface area (Å²) in [7, 11) is 1.60. The number of H-pyrrole nitrogens is 1. The van der Waals surface area contributed by atoms with E-state index < -0.39 is 5.92 Å². The van der Waals surface area contributed by atoms with Crippen molar-refractivity contribution in [1.29, 1.82) is 5.26 Å². The molecule has 0 bridgehead atoms. The highest BCUT2D eigenvalue weighted by molar-refractivity contribution is 6.35. The molecule has 1 aliphatic rings. The van der Waals surface area contributed by atoms with Gasteiger partial charge in [-0.25, -0.2) is 0 Å². The van der Waals surface area contributed by atoms with Crippen molar-refractivity contribution < 1.29 is 9.47 Å². The Morgan fingerprint density at radius 3 is 2.79 bits per heavy atom. The molecule has 28 heavy (non-hydrogen) atoms. The number of fused-ring (bicyclic) bond motifs is 1. The Bertz CT molecular complexity index is 1150. The van der Waals surface area contributed by atoms with Crippen LogP contribution in [-0.4, -0.2) is 17.3 Å². The highest BCUT2D eigenvalue weighted by atomic mass is 35.5. The normalized spacial score (nSPS) is 15.6. The van der Waals surface area contributed by atoms with Gasteiger partial charge < -0.3 is 15.2 Å². The molecule has 4 rings (SSSR count). The van der Waals surface area contributed by atoms with Gasteiger partial charge in [-0.1, -0.05) is 41.4 Å². The molecule has 3 N–H and O–H groups in total. The Kier molecular flexibility index (Phi) is 4.63. The fourth-order valence-electron chi connectivity index (χ4n) is 3.29. The van der Waals surface area contributed by atoms with Gasteiger partial charge in [0.2, 0.25) is 11.8 Å². The lowest BCUT2D eigenvalue weighted by Gasteiger charge is -2.25. The zero-order valence-electron chi connectivity index (χ0n) is 14.7. The second-order valence-corrected chi connectivity index (χ2v) is 6.98. The van der Waals surface area contributed by atoms with Crippen LogP contribution in [0.3, 0.4) is 0 Å². The Hall–Kier alpha value is -3.14. The topological polar surface area (TPSA) is 97.0 Å². The summed E-state index contributed by atoms with van der Waals surface area (Å²) >= 11 is 12.5. The molecule has 0 saturated carbocycles. The maximum atomic E-state index is 9.76. The van der Waals surface area contributed by atoms with Crippen molar-refractivity contribution in [3.63, 3.8) is 0 Å². The van der Waals surface area contributed by atoms with Crippen LogP contribution in [-0.2, 0) is 0 Å². The predicted octanol–water partition coefficient (Wildman–Crippen LogP) is 4.61. The molecule has 1 atom stereocenters. The van der Waals surface area contributed by atoms with Gasteiger partial charge in [-0.2, -0.15) is 5.26 Å². The molecule has 1 aliphatic heterocycles. The minimum Gasteiger partial charge on any atom is -0.497 e. The number of halogens is 2. The lowest BCUT2D eigenvalue weighted by atomic mass is 9.83. The van der Waals surface area contributed by atoms with E-state index in [1.807, 2.05) is 24.3 Å². The maximum absolute atomic E-state index is 9.76. The van der Waals surface area contributed by atoms with Crippen molar-refractivity contribution in [3.8, 4) is 29.0 Å². The highest BCUT2D eigenvalue weighted by Gasteiger charge is 2.36. The van der Waals surface area contributed by atoms with E-state index in [1.54, 1.807) is 25.3 Å². The predicted molar refractivity (Wildman–Crippen MR) is 106 cm³/mol. The number of nitrogens with one attached hydrogen (secondary N) is 1.